The number of nitrogens with one attached hydrogen (secondary N) is 4. The molecule has 11 heteroatoms. The summed E-state index contributed by atoms with van der Waals surface area (Å²) in [5.41, 5.74) is 0.288. The van der Waals surface area contributed by atoms with Gasteiger partial charge in [0.05, 0.1) is 0 Å². The minimum Gasteiger partial charge on any atom is -0.352 e. The Morgan fingerprint density at radius 3 is 2.78 bits per heavy atom. The molecule has 0 radical (unpaired) electrons. The van der Waals surface area contributed by atoms with Crippen LogP contribution in [0.5, 0.6) is 0 Å². The van der Waals surface area contributed by atoms with Gasteiger partial charge in [-0.25, -0.2) is 18.3 Å². The predicted molar refractivity (Wildman–Crippen MR) is 101 cm³/mol. The zero-order valence-electron chi connectivity index (χ0n) is 14.1. The molecule has 1 amide bonds. The number of amides is 1. The van der Waals surface area contributed by atoms with E-state index in [9.17, 15) is 18.0 Å². The van der Waals surface area contributed by atoms with Crippen LogP contribution in [0.2, 0.25) is 0 Å². The number of aromatic amines is 2. The average molecular weight is 407 g/mol. The number of hydrogen-bond acceptors (Lipinski definition) is 6. The second-order valence-electron chi connectivity index (χ2n) is 5.60. The molecule has 3 rings (SSSR count). The second kappa shape index (κ2) is 8.18. The minimum atomic E-state index is -3.66. The van der Waals surface area contributed by atoms with Crippen molar-refractivity contribution in [3.05, 3.63) is 63.7 Å². The first-order valence-electron chi connectivity index (χ1n) is 8.02. The van der Waals surface area contributed by atoms with Crippen molar-refractivity contribution in [3.63, 3.8) is 0 Å². The Morgan fingerprint density at radius 2 is 2.07 bits per heavy atom. The van der Waals surface area contributed by atoms with E-state index in [1.54, 1.807) is 29.6 Å². The molecule has 142 valence electrons. The highest BCUT2D eigenvalue weighted by molar-refractivity contribution is 7.94. The van der Waals surface area contributed by atoms with Crippen molar-refractivity contribution < 1.29 is 13.2 Å². The van der Waals surface area contributed by atoms with Crippen LogP contribution >= 0.6 is 11.3 Å². The van der Waals surface area contributed by atoms with Crippen molar-refractivity contribution in [2.24, 2.45) is 0 Å². The number of H-pyrrole nitrogens is 2. The molecule has 9 nitrogen and oxygen atoms in total. The van der Waals surface area contributed by atoms with Crippen molar-refractivity contribution in [1.82, 2.24) is 20.5 Å². The van der Waals surface area contributed by atoms with Gasteiger partial charge in [-0.2, -0.15) is 5.10 Å². The third-order valence-corrected chi connectivity index (χ3v) is 6.34. The van der Waals surface area contributed by atoms with E-state index in [0.717, 1.165) is 11.3 Å². The zero-order valence-corrected chi connectivity index (χ0v) is 15.7. The van der Waals surface area contributed by atoms with Crippen LogP contribution in [-0.4, -0.2) is 36.1 Å². The molecule has 0 saturated heterocycles. The summed E-state index contributed by atoms with van der Waals surface area (Å²) >= 11 is 1.11. The van der Waals surface area contributed by atoms with Gasteiger partial charge in [0.2, 0.25) is 0 Å². The van der Waals surface area contributed by atoms with E-state index in [4.69, 9.17) is 0 Å². The van der Waals surface area contributed by atoms with Gasteiger partial charge in [-0.1, -0.05) is 12.1 Å². The van der Waals surface area contributed by atoms with E-state index in [1.165, 1.54) is 12.1 Å². The van der Waals surface area contributed by atoms with E-state index in [1.807, 2.05) is 0 Å². The van der Waals surface area contributed by atoms with Gasteiger partial charge in [-0.05, 0) is 36.1 Å². The minimum absolute atomic E-state index is 0.203. The molecule has 1 aromatic carbocycles. The standard InChI is InChI=1S/C16H17N5O4S2/c22-15(17-8-2-6-13-18-16(23)20-19-13)11-4-1-5-12(10-11)21-27(24,25)14-7-3-9-26-14/h1,3-5,7,9-10,21H,2,6,8H2,(H,17,22)(H2,18,19,20,23). The molecule has 0 aliphatic carbocycles. The number of sulfonamides is 1. The fourth-order valence-corrected chi connectivity index (χ4v) is 4.37. The maximum atomic E-state index is 12.3. The molecule has 2 heterocycles. The summed E-state index contributed by atoms with van der Waals surface area (Å²) in [6.07, 6.45) is 1.11. The van der Waals surface area contributed by atoms with Crippen LogP contribution in [0.15, 0.2) is 50.8 Å². The molecule has 2 aromatic heterocycles. The van der Waals surface area contributed by atoms with Crippen molar-refractivity contribution in [2.45, 2.75) is 17.1 Å². The van der Waals surface area contributed by atoms with Crippen molar-refractivity contribution in [2.75, 3.05) is 11.3 Å². The molecular formula is C16H17N5O4S2. The molecule has 0 aliphatic heterocycles. The zero-order chi connectivity index (χ0) is 19.3. The lowest BCUT2D eigenvalue weighted by molar-refractivity contribution is 0.0953. The van der Waals surface area contributed by atoms with Crippen LogP contribution in [0, 0.1) is 0 Å². The lowest BCUT2D eigenvalue weighted by atomic mass is 10.2. The van der Waals surface area contributed by atoms with E-state index in [-0.39, 0.29) is 15.8 Å². The normalized spacial score (nSPS) is 11.3. The lowest BCUT2D eigenvalue weighted by Gasteiger charge is -2.09. The molecule has 0 unspecified atom stereocenters. The average Bonchev–Trinajstić information content (AvgIpc) is 3.30. The summed E-state index contributed by atoms with van der Waals surface area (Å²) in [5.74, 6) is 0.210. The smallest absolute Gasteiger partial charge is 0.340 e. The van der Waals surface area contributed by atoms with Gasteiger partial charge in [0, 0.05) is 24.2 Å². The number of carbonyl (C=O) groups excluding carboxylic acids is 1. The Labute approximate surface area is 158 Å². The molecule has 27 heavy (non-hydrogen) atoms. The van der Waals surface area contributed by atoms with Crippen molar-refractivity contribution in [1.29, 1.82) is 0 Å². The molecule has 4 N–H and O–H groups in total. The predicted octanol–water partition coefficient (Wildman–Crippen LogP) is 1.32. The van der Waals surface area contributed by atoms with Crippen LogP contribution < -0.4 is 15.7 Å². The summed E-state index contributed by atoms with van der Waals surface area (Å²) < 4.78 is 27.2. The number of carbonyl (C=O) groups is 1. The van der Waals surface area contributed by atoms with Gasteiger partial charge < -0.3 is 5.32 Å². The Morgan fingerprint density at radius 1 is 1.22 bits per heavy atom. The molecule has 0 saturated carbocycles. The number of benzene rings is 1. The van der Waals surface area contributed by atoms with E-state index in [2.05, 4.69) is 25.2 Å². The molecule has 0 aliphatic rings. The highest BCUT2D eigenvalue weighted by atomic mass is 32.2. The number of nitrogens with zero attached hydrogens (tertiary/aromatic N) is 1. The Kier molecular flexibility index (Phi) is 5.72. The van der Waals surface area contributed by atoms with Crippen LogP contribution in [0.3, 0.4) is 0 Å². The van der Waals surface area contributed by atoms with Gasteiger partial charge >= 0.3 is 5.69 Å². The van der Waals surface area contributed by atoms with E-state index in [0.29, 0.717) is 36.5 Å². The number of hydrogen-bond donors (Lipinski definition) is 4. The molecule has 3 aromatic rings. The quantitative estimate of drug-likeness (QED) is 0.418. The maximum Gasteiger partial charge on any atom is 0.340 e. The third-order valence-electron chi connectivity index (χ3n) is 3.56. The summed E-state index contributed by atoms with van der Waals surface area (Å²) in [6, 6.07) is 9.43. The van der Waals surface area contributed by atoms with Crippen LogP contribution in [-0.2, 0) is 16.4 Å². The van der Waals surface area contributed by atoms with Gasteiger partial charge in [-0.15, -0.1) is 11.3 Å². The molecule has 0 fully saturated rings. The van der Waals surface area contributed by atoms with Crippen LogP contribution in [0.1, 0.15) is 22.6 Å². The molecule has 0 bridgehead atoms. The number of rotatable bonds is 8. The number of thiophene rings is 1. The number of anilines is 1. The van der Waals surface area contributed by atoms with Gasteiger partial charge in [0.1, 0.15) is 10.0 Å². The molecule has 0 atom stereocenters. The SMILES string of the molecule is O=C(NCCCc1n[nH]c(=O)[nH]1)c1cccc(NS(=O)(=O)c2cccs2)c1. The lowest BCUT2D eigenvalue weighted by Crippen LogP contribution is -2.25. The number of aryl methyl sites for hydroxylation is 1. The van der Waals surface area contributed by atoms with Crippen LogP contribution in [0.4, 0.5) is 5.69 Å². The van der Waals surface area contributed by atoms with Gasteiger partial charge in [0.25, 0.3) is 15.9 Å². The monoisotopic (exact) mass is 407 g/mol. The highest BCUT2D eigenvalue weighted by Gasteiger charge is 2.16. The van der Waals surface area contributed by atoms with Gasteiger partial charge in [-0.3, -0.25) is 14.5 Å². The van der Waals surface area contributed by atoms with Crippen molar-refractivity contribution >= 4 is 33.0 Å². The Bertz CT molecular complexity index is 1070. The Balaban J connectivity index is 1.56. The second-order valence-corrected chi connectivity index (χ2v) is 8.46. The topological polar surface area (TPSA) is 137 Å². The third kappa shape index (κ3) is 5.05. The largest absolute Gasteiger partial charge is 0.352 e. The van der Waals surface area contributed by atoms with E-state index < -0.39 is 10.0 Å². The number of aromatic nitrogens is 3. The Hall–Kier alpha value is -2.92. The summed E-state index contributed by atoms with van der Waals surface area (Å²) in [6.45, 7) is 0.388. The maximum absolute atomic E-state index is 12.3. The summed E-state index contributed by atoms with van der Waals surface area (Å²) in [7, 11) is -3.66. The fraction of sp³-hybridized carbons (Fsp3) is 0.188. The first-order chi connectivity index (χ1) is 12.9. The van der Waals surface area contributed by atoms with Crippen LogP contribution in [0.25, 0.3) is 0 Å². The highest BCUT2D eigenvalue weighted by Crippen LogP contribution is 2.20. The van der Waals surface area contributed by atoms with Crippen molar-refractivity contribution in [3.8, 4) is 0 Å². The fourth-order valence-electron chi connectivity index (χ4n) is 2.33. The van der Waals surface area contributed by atoms with Gasteiger partial charge in [0.15, 0.2) is 0 Å². The first kappa shape index (κ1) is 18.9. The molecular weight excluding hydrogens is 390 g/mol. The summed E-state index contributed by atoms with van der Waals surface area (Å²) in [5, 5.41) is 10.5. The summed E-state index contributed by atoms with van der Waals surface area (Å²) in [4.78, 5) is 25.7. The first-order valence-corrected chi connectivity index (χ1v) is 10.4. The van der Waals surface area contributed by atoms with E-state index >= 15 is 0 Å². The molecule has 0 spiro atoms.